The summed E-state index contributed by atoms with van der Waals surface area (Å²) in [6.45, 7) is 5.16. The van der Waals surface area contributed by atoms with Gasteiger partial charge in [0.1, 0.15) is 12.1 Å². The van der Waals surface area contributed by atoms with E-state index in [1.165, 1.54) is 0 Å². The van der Waals surface area contributed by atoms with E-state index in [1.807, 2.05) is 23.0 Å². The first-order chi connectivity index (χ1) is 10.3. The minimum Gasteiger partial charge on any atom is -0.370 e. The van der Waals surface area contributed by atoms with Crippen molar-refractivity contribution in [3.05, 3.63) is 42.4 Å². The Labute approximate surface area is 124 Å². The molecular formula is C16H19N5. The van der Waals surface area contributed by atoms with Crippen molar-refractivity contribution in [1.82, 2.24) is 19.7 Å². The summed E-state index contributed by atoms with van der Waals surface area (Å²) in [6, 6.07) is 8.15. The van der Waals surface area contributed by atoms with Crippen LogP contribution >= 0.6 is 0 Å². The zero-order chi connectivity index (χ0) is 14.7. The Balaban J connectivity index is 2.13. The fourth-order valence-corrected chi connectivity index (χ4v) is 2.45. The Morgan fingerprint density at radius 1 is 1.14 bits per heavy atom. The molecule has 0 aliphatic heterocycles. The number of aromatic nitrogens is 4. The van der Waals surface area contributed by atoms with Crippen LogP contribution in [0.2, 0.25) is 0 Å². The fraction of sp³-hybridized carbons (Fsp3) is 0.312. The van der Waals surface area contributed by atoms with Gasteiger partial charge >= 0.3 is 0 Å². The van der Waals surface area contributed by atoms with Crippen molar-refractivity contribution in [3.8, 4) is 5.82 Å². The second-order valence-electron chi connectivity index (χ2n) is 4.92. The molecule has 0 spiro atoms. The average Bonchev–Trinajstić information content (AvgIpc) is 2.96. The van der Waals surface area contributed by atoms with Gasteiger partial charge in [0.05, 0.1) is 11.7 Å². The first kappa shape index (κ1) is 13.5. The first-order valence-corrected chi connectivity index (χ1v) is 7.36. The van der Waals surface area contributed by atoms with Crippen molar-refractivity contribution < 1.29 is 0 Å². The lowest BCUT2D eigenvalue weighted by atomic mass is 10.2. The van der Waals surface area contributed by atoms with Gasteiger partial charge in [0.2, 0.25) is 0 Å². The molecule has 0 amide bonds. The third-order valence-electron chi connectivity index (χ3n) is 3.50. The zero-order valence-corrected chi connectivity index (χ0v) is 12.4. The van der Waals surface area contributed by atoms with Crippen LogP contribution in [0.3, 0.4) is 0 Å². The Morgan fingerprint density at radius 2 is 2.00 bits per heavy atom. The van der Waals surface area contributed by atoms with E-state index in [4.69, 9.17) is 0 Å². The second kappa shape index (κ2) is 5.91. The predicted molar refractivity (Wildman–Crippen MR) is 84.8 cm³/mol. The molecule has 108 valence electrons. The normalized spacial score (nSPS) is 11.0. The van der Waals surface area contributed by atoms with Gasteiger partial charge in [-0.3, -0.25) is 0 Å². The van der Waals surface area contributed by atoms with Gasteiger partial charge < -0.3 is 5.32 Å². The molecule has 0 bridgehead atoms. The summed E-state index contributed by atoms with van der Waals surface area (Å²) in [5.74, 6) is 1.76. The van der Waals surface area contributed by atoms with Crippen molar-refractivity contribution in [2.75, 3.05) is 11.9 Å². The van der Waals surface area contributed by atoms with Gasteiger partial charge in [-0.1, -0.05) is 32.0 Å². The van der Waals surface area contributed by atoms with Crippen LogP contribution in [0.4, 0.5) is 5.82 Å². The van der Waals surface area contributed by atoms with E-state index >= 15 is 0 Å². The molecule has 0 fully saturated rings. The van der Waals surface area contributed by atoms with Crippen LogP contribution in [-0.4, -0.2) is 26.3 Å². The summed E-state index contributed by atoms with van der Waals surface area (Å²) >= 11 is 0. The number of hydrogen-bond donors (Lipinski definition) is 1. The molecule has 1 aromatic carbocycles. The quantitative estimate of drug-likeness (QED) is 0.780. The summed E-state index contributed by atoms with van der Waals surface area (Å²) in [4.78, 5) is 8.83. The minimum absolute atomic E-state index is 0.854. The molecule has 0 radical (unpaired) electrons. The summed E-state index contributed by atoms with van der Waals surface area (Å²) < 4.78 is 1.90. The Bertz CT molecular complexity index is 747. The van der Waals surface area contributed by atoms with Crippen molar-refractivity contribution in [1.29, 1.82) is 0 Å². The van der Waals surface area contributed by atoms with Gasteiger partial charge in [0.15, 0.2) is 5.82 Å². The van der Waals surface area contributed by atoms with Gasteiger partial charge in [-0.05, 0) is 18.9 Å². The Hall–Kier alpha value is -2.43. The summed E-state index contributed by atoms with van der Waals surface area (Å²) in [6.07, 6.45) is 5.39. The van der Waals surface area contributed by atoms with Crippen LogP contribution in [-0.2, 0) is 6.42 Å². The van der Waals surface area contributed by atoms with E-state index in [-0.39, 0.29) is 0 Å². The molecule has 3 aromatic rings. The molecule has 3 rings (SSSR count). The van der Waals surface area contributed by atoms with Crippen LogP contribution in [0.25, 0.3) is 16.7 Å². The number of para-hydroxylation sites is 1. The highest BCUT2D eigenvalue weighted by Crippen LogP contribution is 2.23. The predicted octanol–water partition coefficient (Wildman–Crippen LogP) is 3.20. The highest BCUT2D eigenvalue weighted by Gasteiger charge is 2.13. The third kappa shape index (κ3) is 2.46. The third-order valence-corrected chi connectivity index (χ3v) is 3.50. The van der Waals surface area contributed by atoms with Gasteiger partial charge in [-0.15, -0.1) is 0 Å². The minimum atomic E-state index is 0.854. The lowest BCUT2D eigenvalue weighted by Crippen LogP contribution is -2.11. The van der Waals surface area contributed by atoms with E-state index in [9.17, 15) is 0 Å². The van der Waals surface area contributed by atoms with Gasteiger partial charge in [0, 0.05) is 17.5 Å². The van der Waals surface area contributed by atoms with E-state index in [0.29, 0.717) is 0 Å². The lowest BCUT2D eigenvalue weighted by molar-refractivity contribution is 0.838. The molecular weight excluding hydrogens is 262 g/mol. The maximum atomic E-state index is 4.49. The molecule has 21 heavy (non-hydrogen) atoms. The number of benzene rings is 1. The van der Waals surface area contributed by atoms with Crippen LogP contribution in [0.15, 0.2) is 36.8 Å². The van der Waals surface area contributed by atoms with Crippen LogP contribution in [0, 0.1) is 0 Å². The molecule has 0 aliphatic carbocycles. The Morgan fingerprint density at radius 3 is 2.81 bits per heavy atom. The summed E-state index contributed by atoms with van der Waals surface area (Å²) in [7, 11) is 0. The average molecular weight is 281 g/mol. The fourth-order valence-electron chi connectivity index (χ4n) is 2.45. The maximum absolute atomic E-state index is 4.49. The molecule has 0 unspecified atom stereocenters. The highest BCUT2D eigenvalue weighted by atomic mass is 15.3. The molecule has 1 N–H and O–H groups in total. The van der Waals surface area contributed by atoms with Crippen molar-refractivity contribution in [2.45, 2.75) is 26.7 Å². The number of fused-ring (bicyclic) bond motifs is 1. The zero-order valence-electron chi connectivity index (χ0n) is 12.4. The second-order valence-corrected chi connectivity index (χ2v) is 4.92. The van der Waals surface area contributed by atoms with Crippen molar-refractivity contribution in [2.24, 2.45) is 0 Å². The van der Waals surface area contributed by atoms with E-state index in [0.717, 1.165) is 47.5 Å². The van der Waals surface area contributed by atoms with Crippen LogP contribution in [0.1, 0.15) is 25.8 Å². The highest BCUT2D eigenvalue weighted by molar-refractivity contribution is 5.80. The number of hydrogen-bond acceptors (Lipinski definition) is 4. The van der Waals surface area contributed by atoms with E-state index in [1.54, 1.807) is 6.33 Å². The molecule has 5 nitrogen and oxygen atoms in total. The van der Waals surface area contributed by atoms with Crippen molar-refractivity contribution in [3.63, 3.8) is 0 Å². The van der Waals surface area contributed by atoms with E-state index < -0.39 is 0 Å². The number of anilines is 1. The standard InChI is InChI=1S/C16H19N5/c1-3-9-17-15-13(4-2)16(19-11-18-15)21-14-8-6-5-7-12(14)10-20-21/h5-8,10-11H,3-4,9H2,1-2H3,(H,17,18,19). The topological polar surface area (TPSA) is 55.6 Å². The Kier molecular flexibility index (Phi) is 3.81. The van der Waals surface area contributed by atoms with Crippen LogP contribution in [0.5, 0.6) is 0 Å². The smallest absolute Gasteiger partial charge is 0.162 e. The molecule has 0 atom stereocenters. The molecule has 0 saturated carbocycles. The number of rotatable bonds is 5. The van der Waals surface area contributed by atoms with Crippen molar-refractivity contribution >= 4 is 16.7 Å². The van der Waals surface area contributed by atoms with Gasteiger partial charge in [-0.2, -0.15) is 5.10 Å². The lowest BCUT2D eigenvalue weighted by Gasteiger charge is -2.13. The molecule has 2 aromatic heterocycles. The number of nitrogens with zero attached hydrogens (tertiary/aromatic N) is 4. The first-order valence-electron chi connectivity index (χ1n) is 7.36. The van der Waals surface area contributed by atoms with Crippen LogP contribution < -0.4 is 5.32 Å². The largest absolute Gasteiger partial charge is 0.370 e. The molecule has 0 aliphatic rings. The molecule has 0 saturated heterocycles. The maximum Gasteiger partial charge on any atom is 0.162 e. The van der Waals surface area contributed by atoms with Gasteiger partial charge in [-0.25, -0.2) is 14.6 Å². The SMILES string of the molecule is CCCNc1ncnc(-n2ncc3ccccc32)c1CC. The van der Waals surface area contributed by atoms with E-state index in [2.05, 4.69) is 46.4 Å². The molecule has 2 heterocycles. The summed E-state index contributed by atoms with van der Waals surface area (Å²) in [5, 5.41) is 8.98. The van der Waals surface area contributed by atoms with Gasteiger partial charge in [0.25, 0.3) is 0 Å². The number of nitrogens with one attached hydrogen (secondary N) is 1. The molecule has 5 heteroatoms. The monoisotopic (exact) mass is 281 g/mol. The summed E-state index contributed by atoms with van der Waals surface area (Å²) in [5.41, 5.74) is 2.16.